The Morgan fingerprint density at radius 1 is 1.08 bits per heavy atom. The van der Waals surface area contributed by atoms with Crippen molar-refractivity contribution in [2.24, 2.45) is 0 Å². The topological polar surface area (TPSA) is 90.6 Å². The molecule has 6 nitrogen and oxygen atoms in total. The molecule has 2 aromatic heterocycles. The Labute approximate surface area is 142 Å². The molecule has 25 heavy (non-hydrogen) atoms. The second-order valence-electron chi connectivity index (χ2n) is 5.96. The van der Waals surface area contributed by atoms with Crippen molar-refractivity contribution in [3.63, 3.8) is 0 Å². The highest BCUT2D eigenvalue weighted by molar-refractivity contribution is 6.05. The molecule has 0 aliphatic carbocycles. The minimum atomic E-state index is -0.245. The first kappa shape index (κ1) is 15.1. The van der Waals surface area contributed by atoms with Crippen molar-refractivity contribution in [2.75, 3.05) is 0 Å². The second kappa shape index (κ2) is 5.90. The molecule has 0 radical (unpaired) electrons. The fourth-order valence-electron chi connectivity index (χ4n) is 2.96. The number of imidazole rings is 1. The average molecular weight is 332 g/mol. The lowest BCUT2D eigenvalue weighted by molar-refractivity contribution is 0.0941. The van der Waals surface area contributed by atoms with Gasteiger partial charge in [0.1, 0.15) is 0 Å². The standard InChI is InChI=1S/C19H16N4O2/c1-11(13-7-8-15-16(10-13)23-19(25)22-15)21-18(24)14-6-2-4-12-5-3-9-20-17(12)14/h2-11H,1H3,(H,21,24)(H2,22,23,25)/t11-/m0/s1. The summed E-state index contributed by atoms with van der Waals surface area (Å²) in [5.74, 6) is -0.181. The SMILES string of the molecule is C[C@H](NC(=O)c1cccc2cccnc12)c1ccc2[nH]c(=O)[nH]c2c1. The van der Waals surface area contributed by atoms with E-state index < -0.39 is 0 Å². The molecule has 2 aromatic carbocycles. The molecule has 0 fully saturated rings. The summed E-state index contributed by atoms with van der Waals surface area (Å²) in [6.45, 7) is 1.91. The zero-order valence-electron chi connectivity index (χ0n) is 13.5. The number of benzene rings is 2. The summed E-state index contributed by atoms with van der Waals surface area (Å²) in [6.07, 6.45) is 1.68. The lowest BCUT2D eigenvalue weighted by atomic mass is 10.1. The van der Waals surface area contributed by atoms with Crippen molar-refractivity contribution in [1.29, 1.82) is 0 Å². The number of hydrogen-bond donors (Lipinski definition) is 3. The summed E-state index contributed by atoms with van der Waals surface area (Å²) in [4.78, 5) is 33.8. The van der Waals surface area contributed by atoms with Crippen LogP contribution in [-0.2, 0) is 0 Å². The van der Waals surface area contributed by atoms with Crippen LogP contribution in [0.5, 0.6) is 0 Å². The Morgan fingerprint density at radius 3 is 2.76 bits per heavy atom. The van der Waals surface area contributed by atoms with Gasteiger partial charge in [0.25, 0.3) is 5.91 Å². The van der Waals surface area contributed by atoms with E-state index in [0.29, 0.717) is 11.1 Å². The highest BCUT2D eigenvalue weighted by Crippen LogP contribution is 2.20. The van der Waals surface area contributed by atoms with Gasteiger partial charge in [-0.2, -0.15) is 0 Å². The van der Waals surface area contributed by atoms with Crippen molar-refractivity contribution in [1.82, 2.24) is 20.3 Å². The van der Waals surface area contributed by atoms with Gasteiger partial charge in [0.15, 0.2) is 0 Å². The number of carbonyl (C=O) groups excluding carboxylic acids is 1. The molecule has 124 valence electrons. The van der Waals surface area contributed by atoms with Crippen LogP contribution in [0.2, 0.25) is 0 Å². The highest BCUT2D eigenvalue weighted by Gasteiger charge is 2.15. The van der Waals surface area contributed by atoms with Crippen LogP contribution in [0.1, 0.15) is 28.9 Å². The number of carbonyl (C=O) groups is 1. The van der Waals surface area contributed by atoms with Gasteiger partial charge in [-0.3, -0.25) is 9.78 Å². The molecule has 0 aliphatic heterocycles. The Hall–Kier alpha value is -3.41. The predicted octanol–water partition coefficient (Wildman–Crippen LogP) is 2.90. The number of aromatic amines is 2. The molecule has 0 saturated heterocycles. The maximum Gasteiger partial charge on any atom is 0.323 e. The molecule has 0 bridgehead atoms. The van der Waals surface area contributed by atoms with E-state index in [4.69, 9.17) is 0 Å². The normalized spacial score (nSPS) is 12.4. The fraction of sp³-hybridized carbons (Fsp3) is 0.105. The number of amides is 1. The summed E-state index contributed by atoms with van der Waals surface area (Å²) >= 11 is 0. The van der Waals surface area contributed by atoms with Gasteiger partial charge >= 0.3 is 5.69 Å². The smallest absolute Gasteiger partial charge is 0.323 e. The second-order valence-corrected chi connectivity index (χ2v) is 5.96. The molecule has 0 saturated carbocycles. The highest BCUT2D eigenvalue weighted by atomic mass is 16.2. The molecular formula is C19H16N4O2. The number of aromatic nitrogens is 3. The van der Waals surface area contributed by atoms with Gasteiger partial charge < -0.3 is 15.3 Å². The van der Waals surface area contributed by atoms with Crippen LogP contribution in [0.3, 0.4) is 0 Å². The minimum absolute atomic E-state index is 0.181. The third-order valence-corrected chi connectivity index (χ3v) is 4.26. The average Bonchev–Trinajstić information content (AvgIpc) is 3.00. The number of hydrogen-bond acceptors (Lipinski definition) is 3. The summed E-state index contributed by atoms with van der Waals surface area (Å²) in [7, 11) is 0. The Bertz CT molecular complexity index is 1140. The van der Waals surface area contributed by atoms with E-state index in [9.17, 15) is 9.59 Å². The van der Waals surface area contributed by atoms with Crippen LogP contribution in [-0.4, -0.2) is 20.9 Å². The summed E-state index contributed by atoms with van der Waals surface area (Å²) in [5.41, 5.74) is 3.34. The summed E-state index contributed by atoms with van der Waals surface area (Å²) in [5, 5.41) is 3.92. The van der Waals surface area contributed by atoms with E-state index in [2.05, 4.69) is 20.3 Å². The first-order chi connectivity index (χ1) is 12.1. The number of nitrogens with zero attached hydrogens (tertiary/aromatic N) is 1. The molecule has 4 rings (SSSR count). The van der Waals surface area contributed by atoms with Crippen LogP contribution in [0.4, 0.5) is 0 Å². The Kier molecular flexibility index (Phi) is 3.57. The van der Waals surface area contributed by atoms with Crippen molar-refractivity contribution < 1.29 is 4.79 Å². The lowest BCUT2D eigenvalue weighted by Gasteiger charge is -2.15. The maximum atomic E-state index is 12.7. The van der Waals surface area contributed by atoms with Gasteiger partial charge in [-0.15, -0.1) is 0 Å². The third-order valence-electron chi connectivity index (χ3n) is 4.26. The van der Waals surface area contributed by atoms with Gasteiger partial charge in [0.2, 0.25) is 0 Å². The number of pyridine rings is 1. The van der Waals surface area contributed by atoms with Crippen LogP contribution < -0.4 is 11.0 Å². The van der Waals surface area contributed by atoms with E-state index in [1.54, 1.807) is 12.3 Å². The summed E-state index contributed by atoms with van der Waals surface area (Å²) in [6, 6.07) is 14.7. The van der Waals surface area contributed by atoms with Gasteiger partial charge in [0.05, 0.1) is 28.2 Å². The van der Waals surface area contributed by atoms with Crippen molar-refractivity contribution in [3.8, 4) is 0 Å². The molecule has 6 heteroatoms. The van der Waals surface area contributed by atoms with E-state index in [1.165, 1.54) is 0 Å². The zero-order valence-corrected chi connectivity index (χ0v) is 13.5. The van der Waals surface area contributed by atoms with E-state index in [0.717, 1.165) is 22.0 Å². The molecular weight excluding hydrogens is 316 g/mol. The number of H-pyrrole nitrogens is 2. The monoisotopic (exact) mass is 332 g/mol. The largest absolute Gasteiger partial charge is 0.345 e. The molecule has 1 amide bonds. The summed E-state index contributed by atoms with van der Waals surface area (Å²) < 4.78 is 0. The minimum Gasteiger partial charge on any atom is -0.345 e. The van der Waals surface area contributed by atoms with Crippen LogP contribution in [0, 0.1) is 0 Å². The molecule has 0 unspecified atom stereocenters. The molecule has 1 atom stereocenters. The zero-order chi connectivity index (χ0) is 17.4. The van der Waals surface area contributed by atoms with Crippen molar-refractivity contribution in [2.45, 2.75) is 13.0 Å². The number of para-hydroxylation sites is 1. The first-order valence-corrected chi connectivity index (χ1v) is 7.98. The van der Waals surface area contributed by atoms with E-state index in [1.807, 2.05) is 49.4 Å². The van der Waals surface area contributed by atoms with E-state index in [-0.39, 0.29) is 17.6 Å². The number of rotatable bonds is 3. The Balaban J connectivity index is 1.63. The maximum absolute atomic E-state index is 12.7. The molecule has 0 spiro atoms. The number of nitrogens with one attached hydrogen (secondary N) is 3. The Morgan fingerprint density at radius 2 is 1.88 bits per heavy atom. The van der Waals surface area contributed by atoms with Crippen LogP contribution in [0.15, 0.2) is 59.5 Å². The molecule has 3 N–H and O–H groups in total. The van der Waals surface area contributed by atoms with E-state index >= 15 is 0 Å². The van der Waals surface area contributed by atoms with Gasteiger partial charge in [0, 0.05) is 11.6 Å². The first-order valence-electron chi connectivity index (χ1n) is 7.98. The molecule has 2 heterocycles. The fourth-order valence-corrected chi connectivity index (χ4v) is 2.96. The third kappa shape index (κ3) is 2.78. The number of fused-ring (bicyclic) bond motifs is 2. The van der Waals surface area contributed by atoms with Crippen molar-refractivity contribution >= 4 is 27.8 Å². The van der Waals surface area contributed by atoms with Gasteiger partial charge in [-0.1, -0.05) is 24.3 Å². The molecule has 0 aliphatic rings. The quantitative estimate of drug-likeness (QED) is 0.539. The van der Waals surface area contributed by atoms with Crippen molar-refractivity contribution in [3.05, 3.63) is 76.3 Å². The lowest BCUT2D eigenvalue weighted by Crippen LogP contribution is -2.27. The molecule has 4 aromatic rings. The van der Waals surface area contributed by atoms with Crippen LogP contribution >= 0.6 is 0 Å². The van der Waals surface area contributed by atoms with Gasteiger partial charge in [-0.25, -0.2) is 4.79 Å². The van der Waals surface area contributed by atoms with Crippen LogP contribution in [0.25, 0.3) is 21.9 Å². The predicted molar refractivity (Wildman–Crippen MR) is 96.5 cm³/mol. The van der Waals surface area contributed by atoms with Gasteiger partial charge in [-0.05, 0) is 36.8 Å².